The second-order valence-electron chi connectivity index (χ2n) is 5.02. The molecule has 19 heavy (non-hydrogen) atoms. The van der Waals surface area contributed by atoms with Crippen molar-refractivity contribution in [3.8, 4) is 0 Å². The van der Waals surface area contributed by atoms with Crippen molar-refractivity contribution < 1.29 is 9.53 Å². The van der Waals surface area contributed by atoms with E-state index in [1.807, 2.05) is 0 Å². The first kappa shape index (κ1) is 13.7. The monoisotopic (exact) mass is 263 g/mol. The molecule has 1 saturated heterocycles. The van der Waals surface area contributed by atoms with Crippen LogP contribution in [0.2, 0.25) is 0 Å². The lowest BCUT2D eigenvalue weighted by atomic mass is 10.1. The molecule has 1 heterocycles. The van der Waals surface area contributed by atoms with Gasteiger partial charge in [0.15, 0.2) is 0 Å². The highest BCUT2D eigenvalue weighted by atomic mass is 16.5. The highest BCUT2D eigenvalue weighted by molar-refractivity contribution is 6.00. The van der Waals surface area contributed by atoms with Gasteiger partial charge in [0, 0.05) is 38.6 Å². The number of carbonyl (C=O) groups is 1. The summed E-state index contributed by atoms with van der Waals surface area (Å²) in [7, 11) is 3.48. The summed E-state index contributed by atoms with van der Waals surface area (Å²) in [6.07, 6.45) is 2.39. The topological polar surface area (TPSA) is 67.6 Å². The molecule has 0 aliphatic carbocycles. The summed E-state index contributed by atoms with van der Waals surface area (Å²) >= 11 is 0. The van der Waals surface area contributed by atoms with Crippen molar-refractivity contribution in [2.75, 3.05) is 38.3 Å². The molecule has 1 atom stereocenters. The van der Waals surface area contributed by atoms with Gasteiger partial charge in [0.05, 0.1) is 11.7 Å². The van der Waals surface area contributed by atoms with Crippen LogP contribution < -0.4 is 11.1 Å². The van der Waals surface area contributed by atoms with E-state index in [1.54, 1.807) is 37.2 Å². The van der Waals surface area contributed by atoms with E-state index in [-0.39, 0.29) is 12.0 Å². The van der Waals surface area contributed by atoms with Gasteiger partial charge in [-0.3, -0.25) is 4.79 Å². The van der Waals surface area contributed by atoms with Crippen molar-refractivity contribution in [3.05, 3.63) is 23.8 Å². The Bertz CT molecular complexity index is 454. The second kappa shape index (κ2) is 5.93. The van der Waals surface area contributed by atoms with E-state index >= 15 is 0 Å². The zero-order valence-corrected chi connectivity index (χ0v) is 11.5. The second-order valence-corrected chi connectivity index (χ2v) is 5.02. The van der Waals surface area contributed by atoms with Gasteiger partial charge in [-0.15, -0.1) is 0 Å². The Morgan fingerprint density at radius 3 is 2.95 bits per heavy atom. The lowest BCUT2D eigenvalue weighted by Gasteiger charge is -2.17. The zero-order valence-electron chi connectivity index (χ0n) is 11.5. The van der Waals surface area contributed by atoms with Crippen LogP contribution in [0.15, 0.2) is 18.2 Å². The summed E-state index contributed by atoms with van der Waals surface area (Å²) in [5.74, 6) is -0.0326. The van der Waals surface area contributed by atoms with Crippen molar-refractivity contribution >= 4 is 17.3 Å². The fourth-order valence-electron chi connectivity index (χ4n) is 2.16. The van der Waals surface area contributed by atoms with Gasteiger partial charge in [-0.1, -0.05) is 0 Å². The molecule has 0 saturated carbocycles. The third-order valence-corrected chi connectivity index (χ3v) is 3.22. The lowest BCUT2D eigenvalue weighted by Crippen LogP contribution is -2.25. The largest absolute Gasteiger partial charge is 0.399 e. The fourth-order valence-corrected chi connectivity index (χ4v) is 2.16. The number of nitrogens with two attached hydrogens (primary N) is 1. The van der Waals surface area contributed by atoms with Crippen LogP contribution >= 0.6 is 0 Å². The molecule has 104 valence electrons. The summed E-state index contributed by atoms with van der Waals surface area (Å²) < 4.78 is 5.56. The van der Waals surface area contributed by atoms with Gasteiger partial charge in [-0.2, -0.15) is 0 Å². The molecule has 0 aromatic heterocycles. The molecule has 1 aliphatic rings. The van der Waals surface area contributed by atoms with Crippen LogP contribution in [0.25, 0.3) is 0 Å². The predicted molar refractivity (Wildman–Crippen MR) is 76.3 cm³/mol. The number of nitrogens with zero attached hydrogens (tertiary/aromatic N) is 1. The Morgan fingerprint density at radius 2 is 2.32 bits per heavy atom. The Hall–Kier alpha value is -1.75. The number of carbonyl (C=O) groups excluding carboxylic acids is 1. The molecule has 2 rings (SSSR count). The molecule has 1 aromatic carbocycles. The van der Waals surface area contributed by atoms with Crippen LogP contribution in [0.3, 0.4) is 0 Å². The molecule has 5 heteroatoms. The first-order valence-corrected chi connectivity index (χ1v) is 6.54. The predicted octanol–water partition coefficient (Wildman–Crippen LogP) is 1.56. The quantitative estimate of drug-likeness (QED) is 0.809. The van der Waals surface area contributed by atoms with E-state index in [0.717, 1.165) is 25.1 Å². The summed E-state index contributed by atoms with van der Waals surface area (Å²) in [6, 6.07) is 5.30. The van der Waals surface area contributed by atoms with Crippen molar-refractivity contribution in [3.63, 3.8) is 0 Å². The minimum absolute atomic E-state index is 0.0326. The molecule has 1 unspecified atom stereocenters. The third-order valence-electron chi connectivity index (χ3n) is 3.22. The first-order valence-electron chi connectivity index (χ1n) is 6.54. The van der Waals surface area contributed by atoms with Crippen LogP contribution in [-0.4, -0.2) is 44.2 Å². The van der Waals surface area contributed by atoms with Gasteiger partial charge >= 0.3 is 0 Å². The van der Waals surface area contributed by atoms with E-state index in [2.05, 4.69) is 5.32 Å². The minimum atomic E-state index is -0.0326. The van der Waals surface area contributed by atoms with Crippen molar-refractivity contribution in [2.24, 2.45) is 0 Å². The number of nitrogens with one attached hydrogen (secondary N) is 1. The van der Waals surface area contributed by atoms with Crippen LogP contribution in [0.5, 0.6) is 0 Å². The number of nitrogen functional groups attached to an aromatic ring is 1. The smallest absolute Gasteiger partial charge is 0.255 e. The first-order chi connectivity index (χ1) is 9.08. The summed E-state index contributed by atoms with van der Waals surface area (Å²) in [4.78, 5) is 13.6. The number of anilines is 2. The molecule has 1 aromatic rings. The average molecular weight is 263 g/mol. The van der Waals surface area contributed by atoms with Gasteiger partial charge < -0.3 is 20.7 Å². The zero-order chi connectivity index (χ0) is 13.8. The fraction of sp³-hybridized carbons (Fsp3) is 0.500. The average Bonchev–Trinajstić information content (AvgIpc) is 2.88. The molecule has 3 N–H and O–H groups in total. The number of benzene rings is 1. The normalized spacial score (nSPS) is 18.3. The summed E-state index contributed by atoms with van der Waals surface area (Å²) in [5, 5.41) is 3.28. The molecule has 0 bridgehead atoms. The highest BCUT2D eigenvalue weighted by Gasteiger charge is 2.17. The van der Waals surface area contributed by atoms with Crippen molar-refractivity contribution in [1.29, 1.82) is 0 Å². The number of amides is 1. The Labute approximate surface area is 113 Å². The highest BCUT2D eigenvalue weighted by Crippen LogP contribution is 2.21. The number of ether oxygens (including phenoxy) is 1. The minimum Gasteiger partial charge on any atom is -0.399 e. The van der Waals surface area contributed by atoms with E-state index in [4.69, 9.17) is 10.5 Å². The molecule has 1 aliphatic heterocycles. The maximum atomic E-state index is 12.1. The lowest BCUT2D eigenvalue weighted by molar-refractivity contribution is 0.0828. The molecule has 1 fully saturated rings. The Balaban J connectivity index is 2.12. The molecule has 0 radical (unpaired) electrons. The standard InChI is InChI=1S/C14H21N3O2/c1-17(2)14(18)12-6-5-10(15)8-13(12)16-9-11-4-3-7-19-11/h5-6,8,11,16H,3-4,7,9,15H2,1-2H3. The third kappa shape index (κ3) is 3.38. The molecule has 5 nitrogen and oxygen atoms in total. The van der Waals surface area contributed by atoms with Crippen molar-refractivity contribution in [2.45, 2.75) is 18.9 Å². The van der Waals surface area contributed by atoms with Gasteiger partial charge in [-0.25, -0.2) is 0 Å². The molecular weight excluding hydrogens is 242 g/mol. The Kier molecular flexibility index (Phi) is 4.27. The number of hydrogen-bond acceptors (Lipinski definition) is 4. The maximum Gasteiger partial charge on any atom is 0.255 e. The van der Waals surface area contributed by atoms with Crippen LogP contribution in [0.1, 0.15) is 23.2 Å². The molecule has 0 spiro atoms. The van der Waals surface area contributed by atoms with Crippen LogP contribution in [0, 0.1) is 0 Å². The maximum absolute atomic E-state index is 12.1. The summed E-state index contributed by atoms with van der Waals surface area (Å²) in [6.45, 7) is 1.53. The SMILES string of the molecule is CN(C)C(=O)c1ccc(N)cc1NCC1CCCO1. The van der Waals surface area contributed by atoms with E-state index in [1.165, 1.54) is 0 Å². The van der Waals surface area contributed by atoms with E-state index in [0.29, 0.717) is 17.8 Å². The van der Waals surface area contributed by atoms with Gasteiger partial charge in [0.1, 0.15) is 0 Å². The van der Waals surface area contributed by atoms with Gasteiger partial charge in [-0.05, 0) is 31.0 Å². The van der Waals surface area contributed by atoms with Gasteiger partial charge in [0.2, 0.25) is 0 Å². The number of hydrogen-bond donors (Lipinski definition) is 2. The van der Waals surface area contributed by atoms with Gasteiger partial charge in [0.25, 0.3) is 5.91 Å². The summed E-state index contributed by atoms with van der Waals surface area (Å²) in [5.41, 5.74) is 7.84. The Morgan fingerprint density at radius 1 is 1.53 bits per heavy atom. The number of rotatable bonds is 4. The van der Waals surface area contributed by atoms with Crippen LogP contribution in [0.4, 0.5) is 11.4 Å². The van der Waals surface area contributed by atoms with E-state index in [9.17, 15) is 4.79 Å². The molecular formula is C14H21N3O2. The van der Waals surface area contributed by atoms with E-state index < -0.39 is 0 Å². The molecule has 1 amide bonds. The van der Waals surface area contributed by atoms with Crippen molar-refractivity contribution in [1.82, 2.24) is 4.90 Å². The van der Waals surface area contributed by atoms with Crippen LogP contribution in [-0.2, 0) is 4.74 Å².